The second-order valence-corrected chi connectivity index (χ2v) is 4.61. The number of hydrogen-bond donors (Lipinski definition) is 1. The Kier molecular flexibility index (Phi) is 3.31. The normalized spacial score (nSPS) is 16.6. The Bertz CT molecular complexity index is 716. The molecule has 1 aromatic heterocycles. The molecule has 3 amide bonds. The minimum Gasteiger partial charge on any atom is -0.457 e. The lowest BCUT2D eigenvalue weighted by atomic mass is 10.2. The molecule has 1 fully saturated rings. The van der Waals surface area contributed by atoms with Crippen molar-refractivity contribution >= 4 is 18.0 Å². The molecular formula is C16H14N2O3. The summed E-state index contributed by atoms with van der Waals surface area (Å²) in [6.45, 7) is 2.09. The van der Waals surface area contributed by atoms with E-state index in [4.69, 9.17) is 4.42 Å². The van der Waals surface area contributed by atoms with Crippen molar-refractivity contribution in [2.75, 3.05) is 6.54 Å². The zero-order valence-corrected chi connectivity index (χ0v) is 11.5. The summed E-state index contributed by atoms with van der Waals surface area (Å²) < 4.78 is 5.69. The maximum absolute atomic E-state index is 12.0. The van der Waals surface area contributed by atoms with Gasteiger partial charge in [0, 0.05) is 18.2 Å². The summed E-state index contributed by atoms with van der Waals surface area (Å²) in [5.74, 6) is 0.905. The van der Waals surface area contributed by atoms with Gasteiger partial charge in [-0.05, 0) is 19.1 Å². The van der Waals surface area contributed by atoms with Gasteiger partial charge in [-0.3, -0.25) is 9.69 Å². The second kappa shape index (κ2) is 5.28. The van der Waals surface area contributed by atoms with Gasteiger partial charge in [0.2, 0.25) is 0 Å². The molecule has 21 heavy (non-hydrogen) atoms. The molecule has 2 aromatic rings. The van der Waals surface area contributed by atoms with E-state index < -0.39 is 6.03 Å². The van der Waals surface area contributed by atoms with Gasteiger partial charge in [0.05, 0.1) is 0 Å². The first kappa shape index (κ1) is 13.2. The molecule has 5 nitrogen and oxygen atoms in total. The van der Waals surface area contributed by atoms with Crippen molar-refractivity contribution in [2.45, 2.75) is 6.92 Å². The van der Waals surface area contributed by atoms with E-state index in [0.717, 1.165) is 10.5 Å². The van der Waals surface area contributed by atoms with Gasteiger partial charge >= 0.3 is 6.03 Å². The zero-order valence-electron chi connectivity index (χ0n) is 11.5. The molecule has 1 saturated heterocycles. The molecule has 0 radical (unpaired) electrons. The SMILES string of the molecule is CCN1C(=O)NC(=Cc2ccc(-c3ccccc3)o2)C1=O. The lowest BCUT2D eigenvalue weighted by Gasteiger charge is -2.05. The number of imide groups is 1. The van der Waals surface area contributed by atoms with Crippen molar-refractivity contribution < 1.29 is 14.0 Å². The summed E-state index contributed by atoms with van der Waals surface area (Å²) >= 11 is 0. The Balaban J connectivity index is 1.87. The molecule has 0 saturated carbocycles. The van der Waals surface area contributed by atoms with Gasteiger partial charge in [-0.2, -0.15) is 0 Å². The molecule has 0 bridgehead atoms. The van der Waals surface area contributed by atoms with Crippen LogP contribution in [-0.4, -0.2) is 23.4 Å². The molecule has 1 aromatic carbocycles. The van der Waals surface area contributed by atoms with Crippen LogP contribution in [0.1, 0.15) is 12.7 Å². The molecule has 0 aliphatic carbocycles. The van der Waals surface area contributed by atoms with Crippen LogP contribution in [0.4, 0.5) is 4.79 Å². The first-order valence-corrected chi connectivity index (χ1v) is 6.69. The molecule has 2 heterocycles. The number of nitrogens with zero attached hydrogens (tertiary/aromatic N) is 1. The average Bonchev–Trinajstić information content (AvgIpc) is 3.06. The zero-order chi connectivity index (χ0) is 14.8. The van der Waals surface area contributed by atoms with Crippen LogP contribution < -0.4 is 5.32 Å². The van der Waals surface area contributed by atoms with Crippen LogP contribution in [0.15, 0.2) is 52.6 Å². The van der Waals surface area contributed by atoms with Gasteiger partial charge in [-0.25, -0.2) is 4.79 Å². The quantitative estimate of drug-likeness (QED) is 0.695. The Labute approximate surface area is 121 Å². The van der Waals surface area contributed by atoms with E-state index in [1.807, 2.05) is 36.4 Å². The molecule has 1 aliphatic rings. The Morgan fingerprint density at radius 2 is 1.90 bits per heavy atom. The molecule has 3 rings (SSSR count). The largest absolute Gasteiger partial charge is 0.457 e. The van der Waals surface area contributed by atoms with Gasteiger partial charge in [-0.15, -0.1) is 0 Å². The van der Waals surface area contributed by atoms with Crippen molar-refractivity contribution in [3.63, 3.8) is 0 Å². The topological polar surface area (TPSA) is 62.6 Å². The molecule has 0 spiro atoms. The van der Waals surface area contributed by atoms with Crippen molar-refractivity contribution in [2.24, 2.45) is 0 Å². The molecule has 1 N–H and O–H groups in total. The lowest BCUT2D eigenvalue weighted by Crippen LogP contribution is -2.30. The fourth-order valence-corrected chi connectivity index (χ4v) is 2.19. The van der Waals surface area contributed by atoms with Crippen LogP contribution in [0.2, 0.25) is 0 Å². The minimum absolute atomic E-state index is 0.232. The number of urea groups is 1. The predicted molar refractivity (Wildman–Crippen MR) is 78.0 cm³/mol. The number of benzene rings is 1. The highest BCUT2D eigenvalue weighted by atomic mass is 16.3. The molecule has 5 heteroatoms. The number of hydrogen-bond acceptors (Lipinski definition) is 3. The first-order valence-electron chi connectivity index (χ1n) is 6.69. The van der Waals surface area contributed by atoms with E-state index in [9.17, 15) is 9.59 Å². The van der Waals surface area contributed by atoms with Crippen molar-refractivity contribution in [1.29, 1.82) is 0 Å². The standard InChI is InChI=1S/C16H14N2O3/c1-2-18-15(19)13(17-16(18)20)10-12-8-9-14(21-12)11-6-4-3-5-7-11/h3-10H,2H2,1H3,(H,17,20). The second-order valence-electron chi connectivity index (χ2n) is 4.61. The lowest BCUT2D eigenvalue weighted by molar-refractivity contribution is -0.122. The fourth-order valence-electron chi connectivity index (χ4n) is 2.19. The predicted octanol–water partition coefficient (Wildman–Crippen LogP) is 2.86. The van der Waals surface area contributed by atoms with Crippen LogP contribution in [0, 0.1) is 0 Å². The molecule has 106 valence electrons. The Hall–Kier alpha value is -2.82. The third-order valence-corrected chi connectivity index (χ3v) is 3.25. The Morgan fingerprint density at radius 3 is 2.57 bits per heavy atom. The van der Waals surface area contributed by atoms with E-state index in [2.05, 4.69) is 5.32 Å². The highest BCUT2D eigenvalue weighted by Gasteiger charge is 2.32. The van der Waals surface area contributed by atoms with Crippen LogP contribution in [0.25, 0.3) is 17.4 Å². The van der Waals surface area contributed by atoms with E-state index >= 15 is 0 Å². The number of carbonyl (C=O) groups is 2. The van der Waals surface area contributed by atoms with E-state index in [1.54, 1.807) is 19.1 Å². The summed E-state index contributed by atoms with van der Waals surface area (Å²) in [5.41, 5.74) is 1.19. The molecular weight excluding hydrogens is 268 g/mol. The summed E-state index contributed by atoms with van der Waals surface area (Å²) in [5, 5.41) is 2.54. The number of likely N-dealkylation sites (N-methyl/N-ethyl adjacent to an activating group) is 1. The van der Waals surface area contributed by atoms with Gasteiger partial charge in [0.15, 0.2) is 0 Å². The van der Waals surface area contributed by atoms with Crippen LogP contribution in [0.3, 0.4) is 0 Å². The van der Waals surface area contributed by atoms with E-state index in [0.29, 0.717) is 18.1 Å². The number of carbonyl (C=O) groups excluding carboxylic acids is 2. The molecule has 0 atom stereocenters. The van der Waals surface area contributed by atoms with Crippen LogP contribution in [0.5, 0.6) is 0 Å². The minimum atomic E-state index is -0.399. The van der Waals surface area contributed by atoms with Gasteiger partial charge in [-0.1, -0.05) is 30.3 Å². The summed E-state index contributed by atoms with van der Waals surface area (Å²) in [7, 11) is 0. The van der Waals surface area contributed by atoms with Crippen molar-refractivity contribution in [1.82, 2.24) is 10.2 Å². The van der Waals surface area contributed by atoms with Crippen molar-refractivity contribution in [3.8, 4) is 11.3 Å². The maximum Gasteiger partial charge on any atom is 0.328 e. The third kappa shape index (κ3) is 2.45. The highest BCUT2D eigenvalue weighted by molar-refractivity contribution is 6.13. The highest BCUT2D eigenvalue weighted by Crippen LogP contribution is 2.23. The summed E-state index contributed by atoms with van der Waals surface area (Å²) in [6.07, 6.45) is 1.54. The van der Waals surface area contributed by atoms with E-state index in [-0.39, 0.29) is 11.6 Å². The summed E-state index contributed by atoms with van der Waals surface area (Å²) in [6, 6.07) is 12.9. The van der Waals surface area contributed by atoms with Crippen molar-refractivity contribution in [3.05, 3.63) is 53.9 Å². The molecule has 0 unspecified atom stereocenters. The van der Waals surface area contributed by atoms with E-state index in [1.165, 1.54) is 0 Å². The number of furan rings is 1. The number of rotatable bonds is 3. The number of nitrogens with one attached hydrogen (secondary N) is 1. The number of amides is 3. The van der Waals surface area contributed by atoms with Gasteiger partial charge < -0.3 is 9.73 Å². The van der Waals surface area contributed by atoms with Gasteiger partial charge in [0.25, 0.3) is 5.91 Å². The van der Waals surface area contributed by atoms with Crippen LogP contribution >= 0.6 is 0 Å². The fraction of sp³-hybridized carbons (Fsp3) is 0.125. The smallest absolute Gasteiger partial charge is 0.328 e. The average molecular weight is 282 g/mol. The Morgan fingerprint density at radius 1 is 1.14 bits per heavy atom. The van der Waals surface area contributed by atoms with Gasteiger partial charge in [0.1, 0.15) is 17.2 Å². The monoisotopic (exact) mass is 282 g/mol. The first-order chi connectivity index (χ1) is 10.2. The third-order valence-electron chi connectivity index (χ3n) is 3.25. The summed E-state index contributed by atoms with van der Waals surface area (Å²) in [4.78, 5) is 24.7. The maximum atomic E-state index is 12.0. The van der Waals surface area contributed by atoms with Crippen LogP contribution in [-0.2, 0) is 4.79 Å². The molecule has 1 aliphatic heterocycles.